The molecular weight excluding hydrogens is 534 g/mol. The highest BCUT2D eigenvalue weighted by atomic mass is 35.5. The van der Waals surface area contributed by atoms with Crippen LogP contribution in [0.2, 0.25) is 10.0 Å². The number of carbonyl (C=O) groups excluding carboxylic acids is 1. The number of halogens is 3. The molecule has 2 fully saturated rings. The molecule has 0 spiro atoms. The Balaban J connectivity index is 1.47. The number of rotatable bonds is 9. The summed E-state index contributed by atoms with van der Waals surface area (Å²) in [7, 11) is 1.60. The monoisotopic (exact) mass is 560 g/mol. The standard InChI is InChI=1S/C27H27Cl2FN4O4/c1-3-24(35)34-15-4-5-16(34)11-17(10-15)38-23-12-18-21(13-22(23)37-9-8-36-2)31-14-32-27(18)33-20-7-6-19(28)25(29)26(20)30/h3,6-7,12-17H,1,4-5,8-11H2,2H3,(H,31,32,33)/t15-,16?,17?/m0/s1. The van der Waals surface area contributed by atoms with Gasteiger partial charge in [0.05, 0.1) is 27.9 Å². The second kappa shape index (κ2) is 11.3. The van der Waals surface area contributed by atoms with Crippen molar-refractivity contribution in [2.45, 2.75) is 43.9 Å². The third-order valence-corrected chi connectivity index (χ3v) is 7.73. The van der Waals surface area contributed by atoms with Crippen molar-refractivity contribution >= 4 is 51.5 Å². The summed E-state index contributed by atoms with van der Waals surface area (Å²) < 4.78 is 32.4. The largest absolute Gasteiger partial charge is 0.487 e. The van der Waals surface area contributed by atoms with E-state index in [1.54, 1.807) is 19.2 Å². The van der Waals surface area contributed by atoms with Gasteiger partial charge in [-0.25, -0.2) is 14.4 Å². The molecule has 3 aromatic rings. The van der Waals surface area contributed by atoms with E-state index in [4.69, 9.17) is 37.4 Å². The number of nitrogens with zero attached hydrogens (tertiary/aromatic N) is 3. The predicted molar refractivity (Wildman–Crippen MR) is 144 cm³/mol. The normalized spacial score (nSPS) is 20.4. The van der Waals surface area contributed by atoms with E-state index in [9.17, 15) is 9.18 Å². The van der Waals surface area contributed by atoms with Crippen molar-refractivity contribution in [2.75, 3.05) is 25.6 Å². The van der Waals surface area contributed by atoms with E-state index >= 15 is 0 Å². The average molecular weight is 561 g/mol. The highest BCUT2D eigenvalue weighted by Gasteiger charge is 2.43. The number of methoxy groups -OCH3 is 1. The number of carbonyl (C=O) groups is 1. The number of hydrogen-bond acceptors (Lipinski definition) is 7. The molecule has 1 aromatic heterocycles. The van der Waals surface area contributed by atoms with Gasteiger partial charge in [-0.3, -0.25) is 4.79 Å². The zero-order chi connectivity index (χ0) is 26.8. The first-order valence-electron chi connectivity index (χ1n) is 12.3. The summed E-state index contributed by atoms with van der Waals surface area (Å²) in [4.78, 5) is 23.0. The van der Waals surface area contributed by atoms with Gasteiger partial charge in [0.1, 0.15) is 24.9 Å². The van der Waals surface area contributed by atoms with Crippen LogP contribution in [-0.4, -0.2) is 59.3 Å². The lowest BCUT2D eigenvalue weighted by molar-refractivity contribution is -0.131. The van der Waals surface area contributed by atoms with Gasteiger partial charge in [0.15, 0.2) is 17.3 Å². The van der Waals surface area contributed by atoms with Gasteiger partial charge in [-0.05, 0) is 37.1 Å². The van der Waals surface area contributed by atoms with Crippen LogP contribution in [0.25, 0.3) is 10.9 Å². The molecule has 2 aliphatic heterocycles. The van der Waals surface area contributed by atoms with E-state index in [-0.39, 0.29) is 39.8 Å². The van der Waals surface area contributed by atoms with Gasteiger partial charge in [-0.1, -0.05) is 29.8 Å². The van der Waals surface area contributed by atoms with Crippen LogP contribution in [0.1, 0.15) is 25.7 Å². The minimum Gasteiger partial charge on any atom is -0.487 e. The summed E-state index contributed by atoms with van der Waals surface area (Å²) in [6, 6.07) is 6.78. The first-order chi connectivity index (χ1) is 18.4. The smallest absolute Gasteiger partial charge is 0.246 e. The number of piperidine rings is 1. The average Bonchev–Trinajstić information content (AvgIpc) is 3.19. The van der Waals surface area contributed by atoms with Gasteiger partial charge in [0, 0.05) is 43.5 Å². The van der Waals surface area contributed by atoms with Gasteiger partial charge >= 0.3 is 0 Å². The van der Waals surface area contributed by atoms with Crippen LogP contribution in [0.3, 0.4) is 0 Å². The van der Waals surface area contributed by atoms with E-state index < -0.39 is 5.82 Å². The summed E-state index contributed by atoms with van der Waals surface area (Å²) in [6.07, 6.45) is 5.93. The van der Waals surface area contributed by atoms with Gasteiger partial charge in [-0.2, -0.15) is 0 Å². The number of benzene rings is 2. The fraction of sp³-hybridized carbons (Fsp3) is 0.370. The molecule has 2 aromatic carbocycles. The van der Waals surface area contributed by atoms with Gasteiger partial charge in [-0.15, -0.1) is 0 Å². The Labute approximate surface area is 229 Å². The van der Waals surface area contributed by atoms with Crippen LogP contribution in [0.15, 0.2) is 43.2 Å². The first-order valence-corrected chi connectivity index (χ1v) is 13.1. The van der Waals surface area contributed by atoms with Crippen molar-refractivity contribution in [3.05, 3.63) is 59.1 Å². The van der Waals surface area contributed by atoms with E-state index in [0.717, 1.165) is 12.8 Å². The molecule has 0 saturated carbocycles. The maximum atomic E-state index is 14.8. The molecule has 3 heterocycles. The Morgan fingerprint density at radius 3 is 2.66 bits per heavy atom. The third-order valence-electron chi connectivity index (χ3n) is 6.95. The minimum atomic E-state index is -0.682. The van der Waals surface area contributed by atoms with Crippen LogP contribution in [0.4, 0.5) is 15.9 Å². The van der Waals surface area contributed by atoms with Gasteiger partial charge in [0.2, 0.25) is 5.91 Å². The zero-order valence-corrected chi connectivity index (χ0v) is 22.3. The van der Waals surface area contributed by atoms with Crippen molar-refractivity contribution in [1.29, 1.82) is 0 Å². The molecule has 2 bridgehead atoms. The highest BCUT2D eigenvalue weighted by Crippen LogP contribution is 2.41. The van der Waals surface area contributed by atoms with Crippen molar-refractivity contribution in [3.63, 3.8) is 0 Å². The molecule has 2 saturated heterocycles. The van der Waals surface area contributed by atoms with E-state index in [1.165, 1.54) is 24.5 Å². The van der Waals surface area contributed by atoms with Crippen molar-refractivity contribution in [3.8, 4) is 11.5 Å². The van der Waals surface area contributed by atoms with Crippen molar-refractivity contribution in [1.82, 2.24) is 14.9 Å². The fourth-order valence-electron chi connectivity index (χ4n) is 5.22. The zero-order valence-electron chi connectivity index (χ0n) is 20.8. The Morgan fingerprint density at radius 1 is 1.18 bits per heavy atom. The molecular formula is C27H27Cl2FN4O4. The summed E-state index contributed by atoms with van der Waals surface area (Å²) in [5.41, 5.74) is 0.701. The number of aromatic nitrogens is 2. The second-order valence-corrected chi connectivity index (χ2v) is 10.1. The second-order valence-electron chi connectivity index (χ2n) is 9.27. The topological polar surface area (TPSA) is 85.8 Å². The van der Waals surface area contributed by atoms with Crippen LogP contribution < -0.4 is 14.8 Å². The Kier molecular flexibility index (Phi) is 7.88. The molecule has 1 amide bonds. The molecule has 5 rings (SSSR count). The van der Waals surface area contributed by atoms with Crippen molar-refractivity contribution in [2.24, 2.45) is 0 Å². The molecule has 8 nitrogen and oxygen atoms in total. The lowest BCUT2D eigenvalue weighted by Crippen LogP contribution is -2.48. The molecule has 11 heteroatoms. The highest BCUT2D eigenvalue weighted by molar-refractivity contribution is 6.42. The van der Waals surface area contributed by atoms with Gasteiger partial charge in [0.25, 0.3) is 0 Å². The Morgan fingerprint density at radius 2 is 1.95 bits per heavy atom. The van der Waals surface area contributed by atoms with E-state index in [1.807, 2.05) is 4.90 Å². The molecule has 1 N–H and O–H groups in total. The van der Waals surface area contributed by atoms with Crippen LogP contribution in [-0.2, 0) is 9.53 Å². The maximum Gasteiger partial charge on any atom is 0.246 e. The van der Waals surface area contributed by atoms with Crippen LogP contribution in [0, 0.1) is 5.82 Å². The molecule has 0 radical (unpaired) electrons. The summed E-state index contributed by atoms with van der Waals surface area (Å²) >= 11 is 11.9. The van der Waals surface area contributed by atoms with Crippen LogP contribution in [0.5, 0.6) is 11.5 Å². The first kappa shape index (κ1) is 26.5. The number of ether oxygens (including phenoxy) is 3. The molecule has 0 aliphatic carbocycles. The van der Waals surface area contributed by atoms with Gasteiger partial charge < -0.3 is 24.4 Å². The number of fused-ring (bicyclic) bond motifs is 3. The summed E-state index contributed by atoms with van der Waals surface area (Å²) in [5.74, 6) is 0.670. The summed E-state index contributed by atoms with van der Waals surface area (Å²) in [6.45, 7) is 4.36. The molecule has 2 unspecified atom stereocenters. The number of anilines is 2. The number of nitrogens with one attached hydrogen (secondary N) is 1. The predicted octanol–water partition coefficient (Wildman–Crippen LogP) is 5.93. The molecule has 200 valence electrons. The van der Waals surface area contributed by atoms with E-state index in [2.05, 4.69) is 21.9 Å². The van der Waals surface area contributed by atoms with Crippen LogP contribution >= 0.6 is 23.2 Å². The van der Waals surface area contributed by atoms with Crippen molar-refractivity contribution < 1.29 is 23.4 Å². The minimum absolute atomic E-state index is 0.0346. The summed E-state index contributed by atoms with van der Waals surface area (Å²) in [5, 5.41) is 3.54. The number of amides is 1. The maximum absolute atomic E-state index is 14.8. The van der Waals surface area contributed by atoms with E-state index in [0.29, 0.717) is 54.3 Å². The molecule has 3 atom stereocenters. The number of hydrogen-bond donors (Lipinski definition) is 1. The molecule has 38 heavy (non-hydrogen) atoms. The Bertz CT molecular complexity index is 1360. The lowest BCUT2D eigenvalue weighted by atomic mass is 9.99. The third kappa shape index (κ3) is 5.23. The Hall–Kier alpha value is -3.14. The fourth-order valence-corrected chi connectivity index (χ4v) is 5.53. The SMILES string of the molecule is C=CC(=O)N1C2CC[C@H]1CC(Oc1cc3c(Nc4ccc(Cl)c(Cl)c4F)ncnc3cc1OCCOC)C2. The molecule has 2 aliphatic rings. The quantitative estimate of drug-likeness (QED) is 0.197. The lowest BCUT2D eigenvalue weighted by Gasteiger charge is -2.38.